The largest absolute Gasteiger partial charge is 0.466 e. The van der Waals surface area contributed by atoms with Crippen molar-refractivity contribution in [2.45, 2.75) is 91.5 Å². The summed E-state index contributed by atoms with van der Waals surface area (Å²) in [4.78, 5) is 11.9. The van der Waals surface area contributed by atoms with Gasteiger partial charge in [-0.3, -0.25) is 4.79 Å². The van der Waals surface area contributed by atoms with Crippen molar-refractivity contribution < 1.29 is 14.0 Å². The number of hydrogen-bond donors (Lipinski definition) is 0. The summed E-state index contributed by atoms with van der Waals surface area (Å²) in [5.74, 6) is -0.265. The zero-order valence-corrected chi connectivity index (χ0v) is 17.6. The fraction of sp³-hybridized carbons (Fsp3) is 0.842. The minimum atomic E-state index is -1.86. The summed E-state index contributed by atoms with van der Waals surface area (Å²) < 4.78 is 11.7. The molecule has 0 aliphatic heterocycles. The average Bonchev–Trinajstić information content (AvgIpc) is 2.42. The molecular formula is C19H38O3Si. The van der Waals surface area contributed by atoms with Crippen LogP contribution in [-0.4, -0.2) is 27.0 Å². The highest BCUT2D eigenvalue weighted by molar-refractivity contribution is 6.74. The highest BCUT2D eigenvalue weighted by Crippen LogP contribution is 2.38. The van der Waals surface area contributed by atoms with E-state index in [2.05, 4.69) is 52.9 Å². The third kappa shape index (κ3) is 8.71. The first-order chi connectivity index (χ1) is 10.5. The third-order valence-electron chi connectivity index (χ3n) is 4.60. The number of ether oxygens (including phenoxy) is 1. The molecule has 23 heavy (non-hydrogen) atoms. The van der Waals surface area contributed by atoms with E-state index >= 15 is 0 Å². The third-order valence-corrected chi connectivity index (χ3v) is 9.11. The first kappa shape index (κ1) is 22.4. The molecule has 0 saturated carbocycles. The Balaban J connectivity index is 4.94. The summed E-state index contributed by atoms with van der Waals surface area (Å²) in [6.07, 6.45) is 8.50. The van der Waals surface area contributed by atoms with Gasteiger partial charge in [0.1, 0.15) is 0 Å². The summed E-state index contributed by atoms with van der Waals surface area (Å²) in [6, 6.07) is 0. The van der Waals surface area contributed by atoms with Gasteiger partial charge in [-0.05, 0) is 37.9 Å². The van der Waals surface area contributed by atoms with E-state index in [1.165, 1.54) is 12.8 Å². The molecule has 0 rings (SSSR count). The maximum Gasteiger partial charge on any atom is 0.308 e. The average molecular weight is 343 g/mol. The van der Waals surface area contributed by atoms with Crippen molar-refractivity contribution >= 4 is 14.3 Å². The van der Waals surface area contributed by atoms with Crippen LogP contribution in [0.15, 0.2) is 12.2 Å². The first-order valence-electron chi connectivity index (χ1n) is 9.06. The zero-order chi connectivity index (χ0) is 18.1. The summed E-state index contributed by atoms with van der Waals surface area (Å²) >= 11 is 0. The molecule has 0 N–H and O–H groups in total. The fourth-order valence-electron chi connectivity index (χ4n) is 2.02. The van der Waals surface area contributed by atoms with Crippen molar-refractivity contribution in [2.24, 2.45) is 5.92 Å². The number of rotatable bonds is 10. The minimum absolute atomic E-state index is 0.00726. The molecule has 0 aromatic heterocycles. The summed E-state index contributed by atoms with van der Waals surface area (Å²) in [5.41, 5.74) is 0. The van der Waals surface area contributed by atoms with Gasteiger partial charge in [0, 0.05) is 0 Å². The molecule has 0 radical (unpaired) electrons. The molecule has 0 amide bonds. The van der Waals surface area contributed by atoms with Crippen LogP contribution in [0.4, 0.5) is 0 Å². The lowest BCUT2D eigenvalue weighted by Gasteiger charge is -2.39. The molecule has 0 aliphatic rings. The Labute approximate surface area is 145 Å². The molecule has 4 heteroatoms. The molecule has 0 bridgehead atoms. The van der Waals surface area contributed by atoms with Gasteiger partial charge in [0.25, 0.3) is 0 Å². The minimum Gasteiger partial charge on any atom is -0.466 e. The Hall–Kier alpha value is -0.613. The van der Waals surface area contributed by atoms with Gasteiger partial charge in [0.2, 0.25) is 0 Å². The van der Waals surface area contributed by atoms with Crippen molar-refractivity contribution in [3.05, 3.63) is 12.2 Å². The Bertz CT molecular complexity index is 369. The summed E-state index contributed by atoms with van der Waals surface area (Å²) in [5, 5.41) is 0.162. The molecule has 0 spiro atoms. The zero-order valence-electron chi connectivity index (χ0n) is 16.6. The van der Waals surface area contributed by atoms with Crippen LogP contribution in [-0.2, 0) is 14.0 Å². The SMILES string of the molecule is CCCC/C=C\[C@H](C[C@@H](C)C(=O)OCC)O[Si](C)(C)C(C)(C)C. The van der Waals surface area contributed by atoms with Crippen LogP contribution in [0.3, 0.4) is 0 Å². The van der Waals surface area contributed by atoms with E-state index in [1.54, 1.807) is 0 Å². The molecule has 0 unspecified atom stereocenters. The molecule has 0 fully saturated rings. The Morgan fingerprint density at radius 2 is 1.83 bits per heavy atom. The Morgan fingerprint density at radius 1 is 1.22 bits per heavy atom. The molecule has 2 atom stereocenters. The quantitative estimate of drug-likeness (QED) is 0.221. The monoisotopic (exact) mass is 342 g/mol. The highest BCUT2D eigenvalue weighted by atomic mass is 28.4. The molecular weight excluding hydrogens is 304 g/mol. The van der Waals surface area contributed by atoms with Gasteiger partial charge in [-0.15, -0.1) is 0 Å². The normalized spacial score (nSPS) is 15.7. The van der Waals surface area contributed by atoms with Crippen LogP contribution in [0.2, 0.25) is 18.1 Å². The van der Waals surface area contributed by atoms with Gasteiger partial charge in [-0.1, -0.05) is 59.6 Å². The molecule has 0 saturated heterocycles. The highest BCUT2D eigenvalue weighted by Gasteiger charge is 2.39. The van der Waals surface area contributed by atoms with E-state index in [1.807, 2.05) is 13.8 Å². The summed E-state index contributed by atoms with van der Waals surface area (Å²) in [6.45, 7) is 17.6. The second kappa shape index (κ2) is 10.3. The number of carbonyl (C=O) groups is 1. The van der Waals surface area contributed by atoms with Gasteiger partial charge in [-0.25, -0.2) is 0 Å². The van der Waals surface area contributed by atoms with Crippen molar-refractivity contribution in [3.63, 3.8) is 0 Å². The molecule has 136 valence electrons. The standard InChI is InChI=1S/C19H38O3Si/c1-9-11-12-13-14-17(15-16(3)18(20)21-10-2)22-23(7,8)19(4,5)6/h13-14,16-17H,9-12,15H2,1-8H3/b14-13-/t16-,17-/m1/s1. The van der Waals surface area contributed by atoms with E-state index in [4.69, 9.17) is 9.16 Å². The lowest BCUT2D eigenvalue weighted by atomic mass is 10.0. The van der Waals surface area contributed by atoms with E-state index in [0.29, 0.717) is 13.0 Å². The topological polar surface area (TPSA) is 35.5 Å². The Morgan fingerprint density at radius 3 is 2.30 bits per heavy atom. The van der Waals surface area contributed by atoms with Crippen LogP contribution in [0.5, 0.6) is 0 Å². The van der Waals surface area contributed by atoms with Gasteiger partial charge in [0.15, 0.2) is 8.32 Å². The first-order valence-corrected chi connectivity index (χ1v) is 12.0. The fourth-order valence-corrected chi connectivity index (χ4v) is 3.31. The van der Waals surface area contributed by atoms with E-state index in [9.17, 15) is 4.79 Å². The van der Waals surface area contributed by atoms with Gasteiger partial charge in [-0.2, -0.15) is 0 Å². The van der Waals surface area contributed by atoms with E-state index in [0.717, 1.165) is 6.42 Å². The van der Waals surface area contributed by atoms with Crippen LogP contribution >= 0.6 is 0 Å². The smallest absolute Gasteiger partial charge is 0.308 e. The molecule has 0 aliphatic carbocycles. The molecule has 3 nitrogen and oxygen atoms in total. The number of unbranched alkanes of at least 4 members (excludes halogenated alkanes) is 2. The molecule has 0 aromatic rings. The van der Waals surface area contributed by atoms with Crippen LogP contribution in [0.25, 0.3) is 0 Å². The summed E-state index contributed by atoms with van der Waals surface area (Å²) in [7, 11) is -1.86. The maximum atomic E-state index is 11.9. The van der Waals surface area contributed by atoms with Crippen LogP contribution in [0, 0.1) is 5.92 Å². The Kier molecular flexibility index (Phi) is 10.0. The van der Waals surface area contributed by atoms with Crippen LogP contribution in [0.1, 0.15) is 67.2 Å². The second-order valence-electron chi connectivity index (χ2n) is 7.88. The van der Waals surface area contributed by atoms with E-state index < -0.39 is 8.32 Å². The molecule has 0 aromatic carbocycles. The number of carbonyl (C=O) groups excluding carboxylic acids is 1. The van der Waals surface area contributed by atoms with Crippen molar-refractivity contribution in [2.75, 3.05) is 6.61 Å². The van der Waals surface area contributed by atoms with Gasteiger partial charge in [0.05, 0.1) is 18.6 Å². The number of allylic oxidation sites excluding steroid dienone is 1. The van der Waals surface area contributed by atoms with Crippen LogP contribution < -0.4 is 0 Å². The number of hydrogen-bond acceptors (Lipinski definition) is 3. The lowest BCUT2D eigenvalue weighted by molar-refractivity contribution is -0.148. The van der Waals surface area contributed by atoms with E-state index in [-0.39, 0.29) is 23.0 Å². The maximum absolute atomic E-state index is 11.9. The molecule has 0 heterocycles. The number of esters is 1. The predicted molar refractivity (Wildman–Crippen MR) is 101 cm³/mol. The van der Waals surface area contributed by atoms with Gasteiger partial charge >= 0.3 is 5.97 Å². The second-order valence-corrected chi connectivity index (χ2v) is 12.6. The van der Waals surface area contributed by atoms with Gasteiger partial charge < -0.3 is 9.16 Å². The van der Waals surface area contributed by atoms with Crippen molar-refractivity contribution in [1.29, 1.82) is 0 Å². The predicted octanol–water partition coefficient (Wildman–Crippen LogP) is 5.71. The lowest BCUT2D eigenvalue weighted by Crippen LogP contribution is -2.44. The van der Waals surface area contributed by atoms with Crippen molar-refractivity contribution in [1.82, 2.24) is 0 Å². The van der Waals surface area contributed by atoms with Crippen molar-refractivity contribution in [3.8, 4) is 0 Å².